The normalized spacial score (nSPS) is 12.1. The molecule has 0 heterocycles. The van der Waals surface area contributed by atoms with Crippen LogP contribution in [-0.4, -0.2) is 17.0 Å². The molecule has 16 heavy (non-hydrogen) atoms. The number of rotatable bonds is 5. The van der Waals surface area contributed by atoms with Crippen molar-refractivity contribution in [2.24, 2.45) is 0 Å². The number of aliphatic hydroxyl groups is 1. The zero-order chi connectivity index (χ0) is 12.0. The van der Waals surface area contributed by atoms with Crippen LogP contribution in [0, 0.1) is 17.1 Å². The molecule has 0 amide bonds. The summed E-state index contributed by atoms with van der Waals surface area (Å²) in [7, 11) is 0. The minimum Gasteiger partial charge on any atom is -0.396 e. The lowest BCUT2D eigenvalue weighted by molar-refractivity contribution is 0.289. The van der Waals surface area contributed by atoms with E-state index in [1.165, 1.54) is 12.1 Å². The topological polar surface area (TPSA) is 44.0 Å². The molecule has 1 aromatic rings. The van der Waals surface area contributed by atoms with E-state index in [1.54, 1.807) is 17.8 Å². The minimum atomic E-state index is -0.381. The predicted molar refractivity (Wildman–Crippen MR) is 63.6 cm³/mol. The first-order chi connectivity index (χ1) is 7.67. The highest BCUT2D eigenvalue weighted by atomic mass is 32.2. The van der Waals surface area contributed by atoms with Crippen LogP contribution in [0.1, 0.15) is 24.5 Å². The van der Waals surface area contributed by atoms with Gasteiger partial charge in [-0.15, -0.1) is 0 Å². The van der Waals surface area contributed by atoms with Gasteiger partial charge in [-0.1, -0.05) is 13.0 Å². The maximum absolute atomic E-state index is 12.9. The zero-order valence-corrected chi connectivity index (χ0v) is 9.93. The van der Waals surface area contributed by atoms with Crippen molar-refractivity contribution in [3.8, 4) is 6.07 Å². The maximum Gasteiger partial charge on any atom is 0.124 e. The third-order valence-corrected chi connectivity index (χ3v) is 3.53. The van der Waals surface area contributed by atoms with Gasteiger partial charge in [-0.25, -0.2) is 4.39 Å². The summed E-state index contributed by atoms with van der Waals surface area (Å²) in [6.07, 6.45) is 0.730. The third-order valence-electron chi connectivity index (χ3n) is 2.25. The van der Waals surface area contributed by atoms with Crippen molar-refractivity contribution in [1.82, 2.24) is 0 Å². The Bertz CT molecular complexity index is 389. The van der Waals surface area contributed by atoms with Gasteiger partial charge in [-0.05, 0) is 24.1 Å². The Morgan fingerprint density at radius 3 is 2.94 bits per heavy atom. The molecular weight excluding hydrogens is 225 g/mol. The number of aliphatic hydroxyl groups excluding tert-OH is 1. The van der Waals surface area contributed by atoms with Gasteiger partial charge in [-0.3, -0.25) is 0 Å². The van der Waals surface area contributed by atoms with E-state index < -0.39 is 0 Å². The molecule has 1 unspecified atom stereocenters. The van der Waals surface area contributed by atoms with E-state index in [0.717, 1.165) is 12.0 Å². The van der Waals surface area contributed by atoms with Crippen LogP contribution in [0.2, 0.25) is 0 Å². The number of hydrogen-bond donors (Lipinski definition) is 1. The van der Waals surface area contributed by atoms with E-state index in [2.05, 4.69) is 0 Å². The molecular formula is C12H14FNOS. The van der Waals surface area contributed by atoms with Crippen molar-refractivity contribution < 1.29 is 9.50 Å². The summed E-state index contributed by atoms with van der Waals surface area (Å²) in [5, 5.41) is 17.9. The number of halogens is 1. The van der Waals surface area contributed by atoms with Gasteiger partial charge >= 0.3 is 0 Å². The van der Waals surface area contributed by atoms with Crippen molar-refractivity contribution in [1.29, 1.82) is 5.26 Å². The van der Waals surface area contributed by atoms with Gasteiger partial charge in [0, 0.05) is 17.6 Å². The lowest BCUT2D eigenvalue weighted by atomic mass is 10.1. The van der Waals surface area contributed by atoms with Gasteiger partial charge in [0.05, 0.1) is 11.6 Å². The highest BCUT2D eigenvalue weighted by Gasteiger charge is 2.07. The number of nitrogens with zero attached hydrogens (tertiary/aromatic N) is 1. The van der Waals surface area contributed by atoms with Crippen molar-refractivity contribution in [3.05, 3.63) is 35.1 Å². The first-order valence-corrected chi connectivity index (χ1v) is 6.13. The monoisotopic (exact) mass is 239 g/mol. The van der Waals surface area contributed by atoms with Crippen LogP contribution in [0.15, 0.2) is 18.2 Å². The average Bonchev–Trinajstić information content (AvgIpc) is 2.27. The fraction of sp³-hybridized carbons (Fsp3) is 0.417. The Morgan fingerprint density at radius 2 is 2.31 bits per heavy atom. The largest absolute Gasteiger partial charge is 0.396 e. The van der Waals surface area contributed by atoms with E-state index in [-0.39, 0.29) is 12.4 Å². The van der Waals surface area contributed by atoms with E-state index in [9.17, 15) is 4.39 Å². The van der Waals surface area contributed by atoms with Gasteiger partial charge in [0.1, 0.15) is 5.82 Å². The van der Waals surface area contributed by atoms with E-state index in [1.807, 2.05) is 13.0 Å². The summed E-state index contributed by atoms with van der Waals surface area (Å²) in [4.78, 5) is 0. The van der Waals surface area contributed by atoms with Crippen molar-refractivity contribution in [2.75, 3.05) is 6.61 Å². The van der Waals surface area contributed by atoms with E-state index in [0.29, 0.717) is 16.6 Å². The predicted octanol–water partition coefficient (Wildman–Crippen LogP) is 2.70. The van der Waals surface area contributed by atoms with Crippen molar-refractivity contribution >= 4 is 11.8 Å². The molecule has 1 atom stereocenters. The van der Waals surface area contributed by atoms with Crippen LogP contribution in [0.25, 0.3) is 0 Å². The molecule has 0 radical (unpaired) electrons. The summed E-state index contributed by atoms with van der Waals surface area (Å²) in [6, 6.07) is 6.26. The highest BCUT2D eigenvalue weighted by Crippen LogP contribution is 2.22. The zero-order valence-electron chi connectivity index (χ0n) is 9.11. The van der Waals surface area contributed by atoms with Gasteiger partial charge in [0.25, 0.3) is 0 Å². The molecule has 0 saturated carbocycles. The van der Waals surface area contributed by atoms with Crippen LogP contribution < -0.4 is 0 Å². The molecule has 1 N–H and O–H groups in total. The maximum atomic E-state index is 12.9. The summed E-state index contributed by atoms with van der Waals surface area (Å²) < 4.78 is 12.9. The summed E-state index contributed by atoms with van der Waals surface area (Å²) >= 11 is 1.66. The van der Waals surface area contributed by atoms with Crippen LogP contribution in [0.5, 0.6) is 0 Å². The van der Waals surface area contributed by atoms with Gasteiger partial charge in [0.2, 0.25) is 0 Å². The lowest BCUT2D eigenvalue weighted by Gasteiger charge is -2.10. The Morgan fingerprint density at radius 1 is 1.56 bits per heavy atom. The molecule has 4 heteroatoms. The van der Waals surface area contributed by atoms with Crippen molar-refractivity contribution in [2.45, 2.75) is 24.3 Å². The molecule has 1 rings (SSSR count). The summed E-state index contributed by atoms with van der Waals surface area (Å²) in [5.41, 5.74) is 1.24. The SMILES string of the molecule is CC(CCO)SCc1ccc(F)cc1C#N. The first kappa shape index (κ1) is 13.0. The Balaban J connectivity index is 2.64. The van der Waals surface area contributed by atoms with Crippen LogP contribution >= 0.6 is 11.8 Å². The molecule has 1 aromatic carbocycles. The second kappa shape index (κ2) is 6.51. The number of benzene rings is 1. The summed E-state index contributed by atoms with van der Waals surface area (Å²) in [5.74, 6) is 0.290. The summed E-state index contributed by atoms with van der Waals surface area (Å²) in [6.45, 7) is 2.19. The Hall–Kier alpha value is -1.05. The quantitative estimate of drug-likeness (QED) is 0.859. The molecule has 86 valence electrons. The van der Waals surface area contributed by atoms with Gasteiger partial charge in [-0.2, -0.15) is 17.0 Å². The standard InChI is InChI=1S/C12H14FNOS/c1-9(4-5-15)16-8-10-2-3-12(13)6-11(10)7-14/h2-3,6,9,15H,4-5,8H2,1H3. The van der Waals surface area contributed by atoms with Crippen LogP contribution in [0.3, 0.4) is 0 Å². The average molecular weight is 239 g/mol. The number of thioether (sulfide) groups is 1. The lowest BCUT2D eigenvalue weighted by Crippen LogP contribution is -2.00. The molecule has 0 spiro atoms. The second-order valence-electron chi connectivity index (χ2n) is 3.55. The molecule has 0 bridgehead atoms. The fourth-order valence-corrected chi connectivity index (χ4v) is 2.26. The molecule has 2 nitrogen and oxygen atoms in total. The van der Waals surface area contributed by atoms with Gasteiger partial charge in [0.15, 0.2) is 0 Å². The molecule has 0 aliphatic carbocycles. The fourth-order valence-electron chi connectivity index (χ4n) is 1.28. The number of nitriles is 1. The first-order valence-electron chi connectivity index (χ1n) is 5.08. The smallest absolute Gasteiger partial charge is 0.124 e. The van der Waals surface area contributed by atoms with Crippen LogP contribution in [-0.2, 0) is 5.75 Å². The van der Waals surface area contributed by atoms with E-state index in [4.69, 9.17) is 10.4 Å². The van der Waals surface area contributed by atoms with E-state index >= 15 is 0 Å². The van der Waals surface area contributed by atoms with Crippen molar-refractivity contribution in [3.63, 3.8) is 0 Å². The van der Waals surface area contributed by atoms with Gasteiger partial charge < -0.3 is 5.11 Å². The third kappa shape index (κ3) is 3.84. The number of hydrogen-bond acceptors (Lipinski definition) is 3. The molecule has 0 aromatic heterocycles. The Kier molecular flexibility index (Phi) is 5.30. The molecule has 0 aliphatic rings. The molecule has 0 aliphatic heterocycles. The highest BCUT2D eigenvalue weighted by molar-refractivity contribution is 7.99. The minimum absolute atomic E-state index is 0.169. The Labute approximate surface area is 99.1 Å². The van der Waals surface area contributed by atoms with Crippen LogP contribution in [0.4, 0.5) is 4.39 Å². The molecule has 0 saturated heterocycles. The second-order valence-corrected chi connectivity index (χ2v) is 4.97. The molecule has 0 fully saturated rings.